The van der Waals surface area contributed by atoms with Crippen LogP contribution in [0.5, 0.6) is 5.75 Å². The molecule has 0 atom stereocenters. The predicted molar refractivity (Wildman–Crippen MR) is 157 cm³/mol. The van der Waals surface area contributed by atoms with Gasteiger partial charge in [-0.25, -0.2) is 14.8 Å². The van der Waals surface area contributed by atoms with Gasteiger partial charge in [0.05, 0.1) is 39.4 Å². The third kappa shape index (κ3) is 4.65. The Hall–Kier alpha value is -4.53. The lowest BCUT2D eigenvalue weighted by atomic mass is 10.0. The van der Waals surface area contributed by atoms with Crippen molar-refractivity contribution in [3.05, 3.63) is 73.9 Å². The number of hydrogen-bond acceptors (Lipinski definition) is 9. The zero-order chi connectivity index (χ0) is 28.8. The van der Waals surface area contributed by atoms with Crippen LogP contribution < -0.4 is 15.2 Å². The maximum atomic E-state index is 13.6. The summed E-state index contributed by atoms with van der Waals surface area (Å²) in [6.07, 6.45) is 2.57. The highest BCUT2D eigenvalue weighted by molar-refractivity contribution is 7.18. The van der Waals surface area contributed by atoms with Crippen LogP contribution in [0.3, 0.4) is 0 Å². The van der Waals surface area contributed by atoms with Crippen molar-refractivity contribution in [2.24, 2.45) is 0 Å². The third-order valence-corrected chi connectivity index (χ3v) is 8.36. The number of anilines is 1. The molecule has 0 unspecified atom stereocenters. The Morgan fingerprint density at radius 3 is 2.73 bits per heavy atom. The molecule has 4 aromatic heterocycles. The second-order valence-electron chi connectivity index (χ2n) is 9.72. The molecular formula is C29H23ClN6O4S. The first-order chi connectivity index (χ1) is 19.8. The van der Waals surface area contributed by atoms with Gasteiger partial charge in [-0.15, -0.1) is 11.3 Å². The number of carboxylic acids is 1. The number of thiophene rings is 1. The minimum atomic E-state index is -1.04. The molecule has 12 heteroatoms. The van der Waals surface area contributed by atoms with Gasteiger partial charge in [-0.2, -0.15) is 5.26 Å². The number of nitrogens with zero attached hydrogens (tertiary/aromatic N) is 6. The van der Waals surface area contributed by atoms with Crippen LogP contribution in [0, 0.1) is 25.2 Å². The molecule has 0 bridgehead atoms. The van der Waals surface area contributed by atoms with Crippen LogP contribution in [0.1, 0.15) is 33.9 Å². The van der Waals surface area contributed by atoms with E-state index < -0.39 is 5.97 Å². The van der Waals surface area contributed by atoms with E-state index in [1.165, 1.54) is 15.9 Å². The summed E-state index contributed by atoms with van der Waals surface area (Å²) in [5.74, 6) is 0.477. The maximum absolute atomic E-state index is 13.6. The molecule has 0 saturated carbocycles. The number of hydrogen-bond donors (Lipinski definition) is 1. The lowest BCUT2D eigenvalue weighted by molar-refractivity contribution is 0.0699. The Balaban J connectivity index is 1.35. The first kappa shape index (κ1) is 26.7. The topological polar surface area (TPSA) is 134 Å². The zero-order valence-corrected chi connectivity index (χ0v) is 23.7. The number of rotatable bonds is 7. The van der Waals surface area contributed by atoms with Crippen molar-refractivity contribution in [3.63, 3.8) is 0 Å². The molecule has 10 nitrogen and oxygen atoms in total. The van der Waals surface area contributed by atoms with Gasteiger partial charge in [0.15, 0.2) is 0 Å². The summed E-state index contributed by atoms with van der Waals surface area (Å²) in [6.45, 7) is 5.45. The summed E-state index contributed by atoms with van der Waals surface area (Å²) < 4.78 is 8.41. The molecule has 1 fully saturated rings. The van der Waals surface area contributed by atoms with E-state index in [1.807, 2.05) is 11.0 Å². The predicted octanol–water partition coefficient (Wildman–Crippen LogP) is 5.20. The average molecular weight is 587 g/mol. The summed E-state index contributed by atoms with van der Waals surface area (Å²) in [7, 11) is 0. The van der Waals surface area contributed by atoms with Crippen molar-refractivity contribution in [1.29, 1.82) is 5.26 Å². The minimum Gasteiger partial charge on any atom is -0.491 e. The van der Waals surface area contributed by atoms with E-state index in [4.69, 9.17) is 16.3 Å². The number of carbonyl (C=O) groups is 1. The Kier molecular flexibility index (Phi) is 6.81. The van der Waals surface area contributed by atoms with Crippen LogP contribution in [0.4, 0.5) is 5.82 Å². The molecule has 1 aromatic carbocycles. The second-order valence-corrected chi connectivity index (χ2v) is 11.0. The van der Waals surface area contributed by atoms with Gasteiger partial charge in [0.2, 0.25) is 0 Å². The van der Waals surface area contributed by atoms with E-state index in [1.54, 1.807) is 43.6 Å². The van der Waals surface area contributed by atoms with Crippen LogP contribution in [-0.2, 0) is 6.54 Å². The fourth-order valence-electron chi connectivity index (χ4n) is 5.02. The van der Waals surface area contributed by atoms with Crippen molar-refractivity contribution in [1.82, 2.24) is 19.5 Å². The number of benzene rings is 1. The standard InChI is InChI=1S/C29H23ClN6O4S/c1-15-10-19(26-25(33-15)21(14-41-26)29(38)39)18-11-17(30)4-5-23(18)40-9-8-36-16(2)34-22-13-32-27(35-6-3-7-35)20(12-31)24(22)28(36)37/h4-5,10-11,13-14H,3,6-9H2,1-2H3,(H,38,39). The van der Waals surface area contributed by atoms with Gasteiger partial charge in [-0.1, -0.05) is 11.6 Å². The van der Waals surface area contributed by atoms with Gasteiger partial charge in [-0.05, 0) is 44.5 Å². The normalized spacial score (nSPS) is 12.9. The maximum Gasteiger partial charge on any atom is 0.338 e. The molecular weight excluding hydrogens is 564 g/mol. The molecule has 5 aromatic rings. The Bertz CT molecular complexity index is 1980. The summed E-state index contributed by atoms with van der Waals surface area (Å²) in [6, 6.07) is 9.27. The number of pyridine rings is 2. The van der Waals surface area contributed by atoms with E-state index in [-0.39, 0.29) is 35.2 Å². The van der Waals surface area contributed by atoms with Crippen molar-refractivity contribution in [2.75, 3.05) is 24.6 Å². The van der Waals surface area contributed by atoms with Crippen LogP contribution >= 0.6 is 22.9 Å². The SMILES string of the molecule is Cc1cc(-c2cc(Cl)ccc2OCCn2c(C)nc3cnc(N4CCC4)c(C#N)c3c2=O)c2scc(C(=O)O)c2n1. The number of aromatic nitrogens is 4. The Morgan fingerprint density at radius 2 is 2.02 bits per heavy atom. The van der Waals surface area contributed by atoms with Gasteiger partial charge in [0.25, 0.3) is 5.56 Å². The monoisotopic (exact) mass is 586 g/mol. The van der Waals surface area contributed by atoms with Crippen LogP contribution in [-0.4, -0.2) is 50.3 Å². The summed E-state index contributed by atoms with van der Waals surface area (Å²) in [5, 5.41) is 21.9. The molecule has 206 valence electrons. The lowest BCUT2D eigenvalue weighted by Crippen LogP contribution is -2.38. The molecule has 0 spiro atoms. The van der Waals surface area contributed by atoms with Crippen LogP contribution in [0.25, 0.3) is 32.2 Å². The molecule has 6 rings (SSSR count). The van der Waals surface area contributed by atoms with Gasteiger partial charge in [-0.3, -0.25) is 14.3 Å². The van der Waals surface area contributed by atoms with E-state index in [0.29, 0.717) is 49.4 Å². The molecule has 1 saturated heterocycles. The molecule has 0 amide bonds. The van der Waals surface area contributed by atoms with Crippen molar-refractivity contribution < 1.29 is 14.6 Å². The largest absolute Gasteiger partial charge is 0.491 e. The quantitative estimate of drug-likeness (QED) is 0.273. The first-order valence-electron chi connectivity index (χ1n) is 12.9. The van der Waals surface area contributed by atoms with Crippen molar-refractivity contribution in [3.8, 4) is 22.9 Å². The number of nitriles is 1. The molecule has 0 radical (unpaired) electrons. The van der Waals surface area contributed by atoms with E-state index in [0.717, 1.165) is 25.1 Å². The molecule has 41 heavy (non-hydrogen) atoms. The van der Waals surface area contributed by atoms with Crippen molar-refractivity contribution >= 4 is 55.8 Å². The fraction of sp³-hybridized carbons (Fsp3) is 0.241. The number of carboxylic acid groups (broad SMARTS) is 1. The highest BCUT2D eigenvalue weighted by Gasteiger charge is 2.24. The zero-order valence-electron chi connectivity index (χ0n) is 22.1. The summed E-state index contributed by atoms with van der Waals surface area (Å²) in [5.41, 5.74) is 2.96. The Morgan fingerprint density at radius 1 is 1.22 bits per heavy atom. The highest BCUT2D eigenvalue weighted by atomic mass is 35.5. The van der Waals surface area contributed by atoms with Crippen molar-refractivity contribution in [2.45, 2.75) is 26.8 Å². The average Bonchev–Trinajstić information content (AvgIpc) is 3.34. The van der Waals surface area contributed by atoms with E-state index >= 15 is 0 Å². The Labute approximate surface area is 243 Å². The number of halogens is 1. The smallest absolute Gasteiger partial charge is 0.338 e. The van der Waals surface area contributed by atoms with Crippen LogP contribution in [0.2, 0.25) is 5.02 Å². The van der Waals surface area contributed by atoms with Crippen LogP contribution in [0.15, 0.2) is 40.6 Å². The molecule has 1 aliphatic heterocycles. The number of aromatic carboxylic acids is 1. The summed E-state index contributed by atoms with van der Waals surface area (Å²) >= 11 is 7.66. The van der Waals surface area contributed by atoms with Gasteiger partial charge in [0, 0.05) is 40.3 Å². The third-order valence-electron chi connectivity index (χ3n) is 7.12. The van der Waals surface area contributed by atoms with Gasteiger partial charge in [0.1, 0.15) is 35.6 Å². The minimum absolute atomic E-state index is 0.131. The molecule has 5 heterocycles. The number of aryl methyl sites for hydroxylation is 2. The fourth-order valence-corrected chi connectivity index (χ4v) is 6.20. The second kappa shape index (κ2) is 10.5. The van der Waals surface area contributed by atoms with Gasteiger partial charge < -0.3 is 14.7 Å². The molecule has 0 aliphatic carbocycles. The van der Waals surface area contributed by atoms with Gasteiger partial charge >= 0.3 is 5.97 Å². The lowest BCUT2D eigenvalue weighted by Gasteiger charge is -2.32. The molecule has 1 N–H and O–H groups in total. The molecule has 1 aliphatic rings. The number of fused-ring (bicyclic) bond motifs is 2. The van der Waals surface area contributed by atoms with E-state index in [2.05, 4.69) is 21.0 Å². The summed E-state index contributed by atoms with van der Waals surface area (Å²) in [4.78, 5) is 40.8. The highest BCUT2D eigenvalue weighted by Crippen LogP contribution is 2.40. The number of ether oxygens (including phenoxy) is 1. The van der Waals surface area contributed by atoms with E-state index in [9.17, 15) is 20.0 Å². The first-order valence-corrected chi connectivity index (χ1v) is 14.1.